The van der Waals surface area contributed by atoms with Crippen LogP contribution in [-0.2, 0) is 0 Å². The third kappa shape index (κ3) is 3.12. The van der Waals surface area contributed by atoms with Gasteiger partial charge in [-0.05, 0) is 37.6 Å². The van der Waals surface area contributed by atoms with Crippen molar-refractivity contribution in [2.45, 2.75) is 18.9 Å². The minimum absolute atomic E-state index is 0. The molecular weight excluding hydrogens is 328 g/mol. The maximum absolute atomic E-state index is 12.8. The Morgan fingerprint density at radius 1 is 1.29 bits per heavy atom. The third-order valence-corrected chi connectivity index (χ3v) is 4.45. The molecule has 128 valence electrons. The standard InChI is InChI=1S/C17H20N4O2.ClH/c22-17(20-10-11-23-16-6-2-1-5-15(16)20)14-7-9-21(19-14)13-4-3-8-18-12-13;/h1-2,5-7,9,13,18H,3-4,8,10-12H2;1H. The highest BCUT2D eigenvalue weighted by atomic mass is 35.5. The van der Waals surface area contributed by atoms with E-state index in [9.17, 15) is 4.79 Å². The number of amides is 1. The summed E-state index contributed by atoms with van der Waals surface area (Å²) in [4.78, 5) is 14.6. The zero-order chi connectivity index (χ0) is 15.6. The van der Waals surface area contributed by atoms with Crippen LogP contribution in [0.3, 0.4) is 0 Å². The molecule has 1 amide bonds. The number of aromatic nitrogens is 2. The van der Waals surface area contributed by atoms with Crippen LogP contribution in [0.25, 0.3) is 0 Å². The number of nitrogens with one attached hydrogen (secondary N) is 1. The fraction of sp³-hybridized carbons (Fsp3) is 0.412. The summed E-state index contributed by atoms with van der Waals surface area (Å²) in [7, 11) is 0. The minimum atomic E-state index is -0.0664. The predicted octanol–water partition coefficient (Wildman–Crippen LogP) is 2.27. The molecule has 0 spiro atoms. The van der Waals surface area contributed by atoms with Gasteiger partial charge < -0.3 is 15.0 Å². The first kappa shape index (κ1) is 16.8. The minimum Gasteiger partial charge on any atom is -0.490 e. The second kappa shape index (κ2) is 7.23. The van der Waals surface area contributed by atoms with Gasteiger partial charge in [-0.3, -0.25) is 9.48 Å². The third-order valence-electron chi connectivity index (χ3n) is 4.45. The van der Waals surface area contributed by atoms with Crippen molar-refractivity contribution in [3.63, 3.8) is 0 Å². The molecule has 0 radical (unpaired) electrons. The molecule has 24 heavy (non-hydrogen) atoms. The molecule has 7 heteroatoms. The topological polar surface area (TPSA) is 59.4 Å². The molecular formula is C17H21ClN4O2. The van der Waals surface area contributed by atoms with Crippen LogP contribution >= 0.6 is 12.4 Å². The van der Waals surface area contributed by atoms with E-state index in [4.69, 9.17) is 4.74 Å². The molecule has 1 atom stereocenters. The lowest BCUT2D eigenvalue weighted by Gasteiger charge is -2.29. The molecule has 3 heterocycles. The Bertz CT molecular complexity index is 712. The summed E-state index contributed by atoms with van der Waals surface area (Å²) in [6, 6.07) is 9.78. The maximum Gasteiger partial charge on any atom is 0.278 e. The Labute approximate surface area is 147 Å². The molecule has 1 aromatic carbocycles. The number of rotatable bonds is 2. The SMILES string of the molecule is Cl.O=C(c1ccn(C2CCCNC2)n1)N1CCOc2ccccc21. The highest BCUT2D eigenvalue weighted by Crippen LogP contribution is 2.31. The first-order valence-corrected chi connectivity index (χ1v) is 8.12. The smallest absolute Gasteiger partial charge is 0.278 e. The van der Waals surface area contributed by atoms with E-state index >= 15 is 0 Å². The Morgan fingerprint density at radius 3 is 3.00 bits per heavy atom. The number of halogens is 1. The van der Waals surface area contributed by atoms with Gasteiger partial charge in [0.05, 0.1) is 18.3 Å². The molecule has 0 bridgehead atoms. The highest BCUT2D eigenvalue weighted by Gasteiger charge is 2.26. The van der Waals surface area contributed by atoms with Gasteiger partial charge in [-0.15, -0.1) is 12.4 Å². The van der Waals surface area contributed by atoms with Crippen LogP contribution in [0, 0.1) is 0 Å². The van der Waals surface area contributed by atoms with Crippen molar-refractivity contribution >= 4 is 24.0 Å². The summed E-state index contributed by atoms with van der Waals surface area (Å²) in [6.45, 7) is 3.04. The average Bonchev–Trinajstić information content (AvgIpc) is 3.11. The largest absolute Gasteiger partial charge is 0.490 e. The Kier molecular flexibility index (Phi) is 5.06. The number of carbonyl (C=O) groups excluding carboxylic acids is 1. The van der Waals surface area contributed by atoms with Crippen LogP contribution in [0.5, 0.6) is 5.75 Å². The number of nitrogens with zero attached hydrogens (tertiary/aromatic N) is 3. The van der Waals surface area contributed by atoms with E-state index < -0.39 is 0 Å². The zero-order valence-electron chi connectivity index (χ0n) is 13.4. The fourth-order valence-corrected chi connectivity index (χ4v) is 3.23. The van der Waals surface area contributed by atoms with Crippen LogP contribution < -0.4 is 15.0 Å². The fourth-order valence-electron chi connectivity index (χ4n) is 3.23. The summed E-state index contributed by atoms with van der Waals surface area (Å²) < 4.78 is 7.53. The summed E-state index contributed by atoms with van der Waals surface area (Å²) in [5.74, 6) is 0.686. The second-order valence-electron chi connectivity index (χ2n) is 5.95. The van der Waals surface area contributed by atoms with Gasteiger partial charge in [-0.25, -0.2) is 0 Å². The lowest BCUT2D eigenvalue weighted by atomic mass is 10.1. The number of para-hydroxylation sites is 2. The molecule has 2 aliphatic heterocycles. The van der Waals surface area contributed by atoms with E-state index in [2.05, 4.69) is 10.4 Å². The lowest BCUT2D eigenvalue weighted by molar-refractivity contribution is 0.0970. The van der Waals surface area contributed by atoms with E-state index in [0.717, 1.165) is 37.4 Å². The predicted molar refractivity (Wildman–Crippen MR) is 94.2 cm³/mol. The van der Waals surface area contributed by atoms with Crippen LogP contribution in [-0.4, -0.2) is 41.9 Å². The number of benzene rings is 1. The number of ether oxygens (including phenoxy) is 1. The van der Waals surface area contributed by atoms with Gasteiger partial charge in [0.1, 0.15) is 12.4 Å². The normalized spacial score (nSPS) is 19.8. The van der Waals surface area contributed by atoms with Gasteiger partial charge >= 0.3 is 0 Å². The second-order valence-corrected chi connectivity index (χ2v) is 5.95. The molecule has 1 saturated heterocycles. The molecule has 2 aromatic rings. The van der Waals surface area contributed by atoms with E-state index in [1.807, 2.05) is 41.2 Å². The van der Waals surface area contributed by atoms with E-state index in [1.54, 1.807) is 4.90 Å². The van der Waals surface area contributed by atoms with Crippen LogP contribution in [0.1, 0.15) is 29.4 Å². The van der Waals surface area contributed by atoms with Crippen molar-refractivity contribution in [2.75, 3.05) is 31.1 Å². The van der Waals surface area contributed by atoms with Crippen molar-refractivity contribution in [3.8, 4) is 5.75 Å². The Balaban J connectivity index is 0.00000169. The highest BCUT2D eigenvalue weighted by molar-refractivity contribution is 6.05. The average molecular weight is 349 g/mol. The van der Waals surface area contributed by atoms with Crippen LogP contribution in [0.2, 0.25) is 0 Å². The molecule has 1 fully saturated rings. The van der Waals surface area contributed by atoms with Crippen molar-refractivity contribution in [3.05, 3.63) is 42.2 Å². The quantitative estimate of drug-likeness (QED) is 0.904. The number of carbonyl (C=O) groups is 1. The van der Waals surface area contributed by atoms with Crippen LogP contribution in [0.15, 0.2) is 36.5 Å². The van der Waals surface area contributed by atoms with Crippen molar-refractivity contribution < 1.29 is 9.53 Å². The zero-order valence-corrected chi connectivity index (χ0v) is 14.2. The van der Waals surface area contributed by atoms with Crippen LogP contribution in [0.4, 0.5) is 5.69 Å². The summed E-state index contributed by atoms with van der Waals surface area (Å²) >= 11 is 0. The summed E-state index contributed by atoms with van der Waals surface area (Å²) in [5, 5.41) is 7.90. The van der Waals surface area contributed by atoms with Gasteiger partial charge in [0.15, 0.2) is 5.69 Å². The molecule has 6 nitrogen and oxygen atoms in total. The molecule has 0 aliphatic carbocycles. The Hall–Kier alpha value is -2.05. The van der Waals surface area contributed by atoms with Crippen molar-refractivity contribution in [1.29, 1.82) is 0 Å². The summed E-state index contributed by atoms with van der Waals surface area (Å²) in [5.41, 5.74) is 1.31. The van der Waals surface area contributed by atoms with E-state index in [0.29, 0.717) is 24.9 Å². The molecule has 1 aromatic heterocycles. The molecule has 4 rings (SSSR count). The molecule has 2 aliphatic rings. The summed E-state index contributed by atoms with van der Waals surface area (Å²) in [6.07, 6.45) is 4.16. The number of hydrogen-bond acceptors (Lipinski definition) is 4. The molecule has 0 saturated carbocycles. The number of hydrogen-bond donors (Lipinski definition) is 1. The van der Waals surface area contributed by atoms with Gasteiger partial charge in [-0.2, -0.15) is 5.10 Å². The van der Waals surface area contributed by atoms with Gasteiger partial charge in [0.25, 0.3) is 5.91 Å². The number of fused-ring (bicyclic) bond motifs is 1. The van der Waals surface area contributed by atoms with Gasteiger partial charge in [0.2, 0.25) is 0 Å². The molecule has 1 unspecified atom stereocenters. The number of anilines is 1. The van der Waals surface area contributed by atoms with Crippen molar-refractivity contribution in [1.82, 2.24) is 15.1 Å². The van der Waals surface area contributed by atoms with E-state index in [-0.39, 0.29) is 18.3 Å². The number of piperidine rings is 1. The monoisotopic (exact) mass is 348 g/mol. The first-order chi connectivity index (χ1) is 11.3. The van der Waals surface area contributed by atoms with E-state index in [1.165, 1.54) is 0 Å². The van der Waals surface area contributed by atoms with Gasteiger partial charge in [-0.1, -0.05) is 12.1 Å². The maximum atomic E-state index is 12.8. The van der Waals surface area contributed by atoms with Crippen molar-refractivity contribution in [2.24, 2.45) is 0 Å². The lowest BCUT2D eigenvalue weighted by Crippen LogP contribution is -2.38. The molecule has 1 N–H and O–H groups in total. The van der Waals surface area contributed by atoms with Gasteiger partial charge in [0, 0.05) is 12.7 Å². The Morgan fingerprint density at radius 2 is 2.17 bits per heavy atom. The first-order valence-electron chi connectivity index (χ1n) is 8.12.